The molecule has 2 nitrogen and oxygen atoms in total. The molecule has 1 rings (SSSR count). The molecule has 0 spiro atoms. The maximum Gasteiger partial charge on any atom is 0.119 e. The highest BCUT2D eigenvalue weighted by Gasteiger charge is 2.02. The van der Waals surface area contributed by atoms with E-state index in [9.17, 15) is 0 Å². The van der Waals surface area contributed by atoms with Crippen LogP contribution in [-0.2, 0) is 0 Å². The third kappa shape index (κ3) is 5.22. The zero-order valence-corrected chi connectivity index (χ0v) is 11.5. The summed E-state index contributed by atoms with van der Waals surface area (Å²) in [4.78, 5) is 0. The van der Waals surface area contributed by atoms with Crippen LogP contribution < -0.4 is 10.1 Å². The van der Waals surface area contributed by atoms with Crippen LogP contribution in [0, 0.1) is 0 Å². The summed E-state index contributed by atoms with van der Waals surface area (Å²) in [5.41, 5.74) is 1.39. The van der Waals surface area contributed by atoms with Crippen molar-refractivity contribution in [2.24, 2.45) is 0 Å². The van der Waals surface area contributed by atoms with E-state index in [4.69, 9.17) is 4.74 Å². The molecule has 1 N–H and O–H groups in total. The number of rotatable bonds is 7. The van der Waals surface area contributed by atoms with Gasteiger partial charge in [0.1, 0.15) is 12.4 Å². The maximum atomic E-state index is 5.66. The Balaban J connectivity index is 2.35. The van der Waals surface area contributed by atoms with E-state index in [1.165, 1.54) is 12.0 Å². The van der Waals surface area contributed by atoms with Crippen molar-refractivity contribution in [2.75, 3.05) is 13.2 Å². The van der Waals surface area contributed by atoms with Crippen LogP contribution in [0.1, 0.15) is 45.6 Å². The highest BCUT2D eigenvalue weighted by Crippen LogP contribution is 2.21. The molecule has 0 amide bonds. The van der Waals surface area contributed by atoms with Crippen LogP contribution in [0.5, 0.6) is 5.75 Å². The molecule has 17 heavy (non-hydrogen) atoms. The Morgan fingerprint density at radius 3 is 2.29 bits per heavy atom. The van der Waals surface area contributed by atoms with Gasteiger partial charge in [-0.1, -0.05) is 39.8 Å². The lowest BCUT2D eigenvalue weighted by Crippen LogP contribution is -2.27. The van der Waals surface area contributed by atoms with E-state index in [0.29, 0.717) is 12.0 Å². The van der Waals surface area contributed by atoms with Gasteiger partial charge in [-0.25, -0.2) is 0 Å². The SMILES string of the molecule is CCC(C)c1ccc(OCCNC(C)C)cc1. The van der Waals surface area contributed by atoms with Crippen LogP contribution in [0.15, 0.2) is 24.3 Å². The summed E-state index contributed by atoms with van der Waals surface area (Å²) in [6, 6.07) is 8.98. The van der Waals surface area contributed by atoms with Gasteiger partial charge in [-0.05, 0) is 30.0 Å². The average molecular weight is 235 g/mol. The Morgan fingerprint density at radius 1 is 1.12 bits per heavy atom. The minimum atomic E-state index is 0.520. The summed E-state index contributed by atoms with van der Waals surface area (Å²) < 4.78 is 5.66. The highest BCUT2D eigenvalue weighted by atomic mass is 16.5. The molecule has 0 aliphatic rings. The van der Waals surface area contributed by atoms with E-state index in [-0.39, 0.29) is 0 Å². The molecule has 0 saturated heterocycles. The summed E-state index contributed by atoms with van der Waals surface area (Å²) in [6.07, 6.45) is 1.18. The fraction of sp³-hybridized carbons (Fsp3) is 0.600. The first-order valence-electron chi connectivity index (χ1n) is 6.59. The van der Waals surface area contributed by atoms with E-state index >= 15 is 0 Å². The van der Waals surface area contributed by atoms with Gasteiger partial charge in [-0.2, -0.15) is 0 Å². The smallest absolute Gasteiger partial charge is 0.119 e. The Hall–Kier alpha value is -1.02. The normalized spacial score (nSPS) is 12.8. The van der Waals surface area contributed by atoms with Gasteiger partial charge in [0.15, 0.2) is 0 Å². The lowest BCUT2D eigenvalue weighted by atomic mass is 9.99. The van der Waals surface area contributed by atoms with Gasteiger partial charge >= 0.3 is 0 Å². The van der Waals surface area contributed by atoms with Crippen molar-refractivity contribution in [2.45, 2.75) is 46.1 Å². The Labute approximate surface area is 105 Å². The van der Waals surface area contributed by atoms with Crippen molar-refractivity contribution in [1.82, 2.24) is 5.32 Å². The molecule has 1 aromatic rings. The molecule has 96 valence electrons. The lowest BCUT2D eigenvalue weighted by molar-refractivity contribution is 0.309. The second-order valence-electron chi connectivity index (χ2n) is 4.84. The zero-order chi connectivity index (χ0) is 12.7. The van der Waals surface area contributed by atoms with E-state index in [0.717, 1.165) is 18.9 Å². The highest BCUT2D eigenvalue weighted by molar-refractivity contribution is 5.29. The second-order valence-corrected chi connectivity index (χ2v) is 4.84. The minimum absolute atomic E-state index is 0.520. The average Bonchev–Trinajstić information content (AvgIpc) is 2.34. The number of hydrogen-bond donors (Lipinski definition) is 1. The maximum absolute atomic E-state index is 5.66. The van der Waals surface area contributed by atoms with Gasteiger partial charge in [0.25, 0.3) is 0 Å². The van der Waals surface area contributed by atoms with Crippen molar-refractivity contribution in [3.63, 3.8) is 0 Å². The quantitative estimate of drug-likeness (QED) is 0.729. The Morgan fingerprint density at radius 2 is 1.76 bits per heavy atom. The third-order valence-corrected chi connectivity index (χ3v) is 2.98. The number of ether oxygens (including phenoxy) is 1. The summed E-state index contributed by atoms with van der Waals surface area (Å²) >= 11 is 0. The first-order chi connectivity index (χ1) is 8.13. The first-order valence-corrected chi connectivity index (χ1v) is 6.59. The van der Waals surface area contributed by atoms with Crippen LogP contribution in [0.2, 0.25) is 0 Å². The third-order valence-electron chi connectivity index (χ3n) is 2.98. The summed E-state index contributed by atoms with van der Waals surface area (Å²) in [5, 5.41) is 3.33. The molecule has 1 atom stereocenters. The molecule has 0 aromatic heterocycles. The van der Waals surface area contributed by atoms with Crippen LogP contribution in [0.25, 0.3) is 0 Å². The summed E-state index contributed by atoms with van der Waals surface area (Å²) in [6.45, 7) is 10.4. The topological polar surface area (TPSA) is 21.3 Å². The van der Waals surface area contributed by atoms with Crippen LogP contribution in [0.4, 0.5) is 0 Å². The van der Waals surface area contributed by atoms with Crippen LogP contribution >= 0.6 is 0 Å². The Bertz CT molecular complexity index is 305. The molecule has 0 radical (unpaired) electrons. The van der Waals surface area contributed by atoms with Gasteiger partial charge < -0.3 is 10.1 Å². The first kappa shape index (κ1) is 14.0. The molecule has 0 aliphatic carbocycles. The molecule has 2 heteroatoms. The largest absolute Gasteiger partial charge is 0.492 e. The monoisotopic (exact) mass is 235 g/mol. The van der Waals surface area contributed by atoms with Gasteiger partial charge in [0, 0.05) is 12.6 Å². The van der Waals surface area contributed by atoms with Crippen molar-refractivity contribution >= 4 is 0 Å². The molecular formula is C15H25NO. The molecular weight excluding hydrogens is 210 g/mol. The predicted molar refractivity (Wildman–Crippen MR) is 73.8 cm³/mol. The Kier molecular flexibility index (Phi) is 6.06. The molecule has 0 fully saturated rings. The van der Waals surface area contributed by atoms with Crippen LogP contribution in [0.3, 0.4) is 0 Å². The number of benzene rings is 1. The summed E-state index contributed by atoms with van der Waals surface area (Å²) in [7, 11) is 0. The molecule has 0 heterocycles. The van der Waals surface area contributed by atoms with Crippen molar-refractivity contribution in [3.8, 4) is 5.75 Å². The van der Waals surface area contributed by atoms with E-state index in [2.05, 4.69) is 57.3 Å². The van der Waals surface area contributed by atoms with Gasteiger partial charge in [0.05, 0.1) is 0 Å². The number of hydrogen-bond acceptors (Lipinski definition) is 2. The molecule has 1 aromatic carbocycles. The molecule has 0 bridgehead atoms. The van der Waals surface area contributed by atoms with E-state index in [1.807, 2.05) is 0 Å². The zero-order valence-electron chi connectivity index (χ0n) is 11.5. The minimum Gasteiger partial charge on any atom is -0.492 e. The van der Waals surface area contributed by atoms with Gasteiger partial charge in [0.2, 0.25) is 0 Å². The predicted octanol–water partition coefficient (Wildman–Crippen LogP) is 3.58. The molecule has 1 unspecified atom stereocenters. The van der Waals surface area contributed by atoms with Gasteiger partial charge in [-0.3, -0.25) is 0 Å². The molecule has 0 saturated carbocycles. The van der Waals surface area contributed by atoms with Crippen molar-refractivity contribution in [1.29, 1.82) is 0 Å². The number of nitrogens with one attached hydrogen (secondary N) is 1. The summed E-state index contributed by atoms with van der Waals surface area (Å²) in [5.74, 6) is 1.59. The fourth-order valence-electron chi connectivity index (χ4n) is 1.64. The van der Waals surface area contributed by atoms with Crippen molar-refractivity contribution < 1.29 is 4.74 Å². The van der Waals surface area contributed by atoms with Crippen LogP contribution in [-0.4, -0.2) is 19.2 Å². The molecule has 0 aliphatic heterocycles. The standard InChI is InChI=1S/C15H25NO/c1-5-13(4)14-6-8-15(9-7-14)17-11-10-16-12(2)3/h6-9,12-13,16H,5,10-11H2,1-4H3. The van der Waals surface area contributed by atoms with Gasteiger partial charge in [-0.15, -0.1) is 0 Å². The fourth-order valence-corrected chi connectivity index (χ4v) is 1.64. The van der Waals surface area contributed by atoms with E-state index < -0.39 is 0 Å². The second kappa shape index (κ2) is 7.33. The lowest BCUT2D eigenvalue weighted by Gasteiger charge is -2.12. The van der Waals surface area contributed by atoms with Crippen molar-refractivity contribution in [3.05, 3.63) is 29.8 Å². The van der Waals surface area contributed by atoms with E-state index in [1.54, 1.807) is 0 Å².